The molecule has 192 valence electrons. The average molecular weight is 462 g/mol. The van der Waals surface area contributed by atoms with Crippen molar-refractivity contribution in [2.45, 2.75) is 136 Å². The van der Waals surface area contributed by atoms with Crippen molar-refractivity contribution in [1.82, 2.24) is 4.90 Å². The van der Waals surface area contributed by atoms with Crippen LogP contribution in [-0.4, -0.2) is 45.9 Å². The molecule has 1 saturated carbocycles. The first kappa shape index (κ1) is 28.6. The van der Waals surface area contributed by atoms with Gasteiger partial charge in [-0.25, -0.2) is 0 Å². The zero-order chi connectivity index (χ0) is 24.4. The molecule has 2 N–H and O–H groups in total. The predicted molar refractivity (Wildman–Crippen MR) is 142 cm³/mol. The van der Waals surface area contributed by atoms with Crippen molar-refractivity contribution >= 4 is 0 Å². The third-order valence-corrected chi connectivity index (χ3v) is 8.19. The van der Waals surface area contributed by atoms with Crippen LogP contribution in [0, 0.1) is 23.7 Å². The van der Waals surface area contributed by atoms with Gasteiger partial charge in [0.25, 0.3) is 0 Å². The van der Waals surface area contributed by atoms with Crippen LogP contribution in [0.3, 0.4) is 0 Å². The number of aliphatic hydroxyl groups is 2. The van der Waals surface area contributed by atoms with Crippen LogP contribution in [0.4, 0.5) is 0 Å². The van der Waals surface area contributed by atoms with E-state index in [0.717, 1.165) is 19.3 Å². The quantitative estimate of drug-likeness (QED) is 0.190. The first-order valence-corrected chi connectivity index (χ1v) is 14.2. The van der Waals surface area contributed by atoms with Gasteiger partial charge < -0.3 is 10.2 Å². The average Bonchev–Trinajstić information content (AvgIpc) is 3.25. The van der Waals surface area contributed by atoms with E-state index in [1.165, 1.54) is 57.9 Å². The minimum atomic E-state index is -0.376. The van der Waals surface area contributed by atoms with E-state index in [2.05, 4.69) is 58.6 Å². The molecule has 3 nitrogen and oxygen atoms in total. The monoisotopic (exact) mass is 461 g/mol. The number of hydrogen-bond donors (Lipinski definition) is 2. The van der Waals surface area contributed by atoms with Crippen molar-refractivity contribution < 1.29 is 10.2 Å². The fourth-order valence-corrected chi connectivity index (χ4v) is 6.32. The summed E-state index contributed by atoms with van der Waals surface area (Å²) in [4.78, 5) is 2.60. The molecule has 33 heavy (non-hydrogen) atoms. The van der Waals surface area contributed by atoms with Gasteiger partial charge in [-0.1, -0.05) is 69.8 Å². The first-order valence-electron chi connectivity index (χ1n) is 14.2. The van der Waals surface area contributed by atoms with Gasteiger partial charge in [0.05, 0.1) is 12.2 Å². The van der Waals surface area contributed by atoms with E-state index in [9.17, 15) is 10.2 Å². The highest BCUT2D eigenvalue weighted by molar-refractivity contribution is 5.21. The maximum Gasteiger partial charge on any atom is 0.0723 e. The van der Waals surface area contributed by atoms with E-state index in [0.29, 0.717) is 29.8 Å². The summed E-state index contributed by atoms with van der Waals surface area (Å²) in [5.41, 5.74) is 1.62. The van der Waals surface area contributed by atoms with Gasteiger partial charge in [0.15, 0.2) is 0 Å². The zero-order valence-corrected chi connectivity index (χ0v) is 22.7. The Labute approximate surface area is 205 Å². The minimum absolute atomic E-state index is 0.211. The van der Waals surface area contributed by atoms with Gasteiger partial charge in [-0.3, -0.25) is 4.90 Å². The molecule has 0 aromatic rings. The van der Waals surface area contributed by atoms with Crippen molar-refractivity contribution in [2.75, 3.05) is 6.54 Å². The number of unbranched alkanes of at least 4 members (excludes halogenated alkanes) is 4. The lowest BCUT2D eigenvalue weighted by atomic mass is 9.88. The van der Waals surface area contributed by atoms with Crippen LogP contribution in [0.1, 0.15) is 112 Å². The molecule has 0 aromatic carbocycles. The number of aliphatic hydroxyl groups excluding tert-OH is 2. The van der Waals surface area contributed by atoms with E-state index >= 15 is 0 Å². The van der Waals surface area contributed by atoms with E-state index < -0.39 is 0 Å². The second-order valence-electron chi connectivity index (χ2n) is 11.8. The van der Waals surface area contributed by atoms with Gasteiger partial charge in [0.2, 0.25) is 0 Å². The molecular formula is C30H55NO2. The van der Waals surface area contributed by atoms with E-state index in [1.807, 2.05) is 6.08 Å². The Kier molecular flexibility index (Phi) is 12.7. The van der Waals surface area contributed by atoms with Crippen molar-refractivity contribution in [3.63, 3.8) is 0 Å². The van der Waals surface area contributed by atoms with Gasteiger partial charge in [-0.15, -0.1) is 0 Å². The molecule has 0 amide bonds. The van der Waals surface area contributed by atoms with Gasteiger partial charge in [-0.2, -0.15) is 0 Å². The van der Waals surface area contributed by atoms with Gasteiger partial charge in [0.1, 0.15) is 0 Å². The van der Waals surface area contributed by atoms with Crippen molar-refractivity contribution in [3.8, 4) is 0 Å². The summed E-state index contributed by atoms with van der Waals surface area (Å²) in [5.74, 6) is 1.85. The van der Waals surface area contributed by atoms with Crippen LogP contribution in [0.2, 0.25) is 0 Å². The Balaban J connectivity index is 1.69. The molecule has 2 aliphatic rings. The maximum absolute atomic E-state index is 10.6. The molecule has 0 aromatic heterocycles. The van der Waals surface area contributed by atoms with Crippen LogP contribution >= 0.6 is 0 Å². The molecule has 0 radical (unpaired) electrons. The standard InChI is InChI=1S/C30H55NO2/c1-7-8-13-24(6)18-27(32)15-16-28-29-20-25(19-26(29)21-30(28)33)14-11-9-10-12-17-31(22(2)3)23(4)5/h15-16,19,22-24,26-30,32-33H,7-14,17-18,20-21H2,1-6H3/b16-15+/t24-,26-,27+,28+,29-,30+/m0/s1. The Morgan fingerprint density at radius 2 is 1.73 bits per heavy atom. The highest BCUT2D eigenvalue weighted by Crippen LogP contribution is 2.48. The largest absolute Gasteiger partial charge is 0.392 e. The molecule has 1 fully saturated rings. The van der Waals surface area contributed by atoms with Crippen molar-refractivity contribution in [3.05, 3.63) is 23.8 Å². The number of hydrogen-bond acceptors (Lipinski definition) is 3. The second kappa shape index (κ2) is 14.7. The minimum Gasteiger partial charge on any atom is -0.392 e. The number of fused-ring (bicyclic) bond motifs is 1. The highest BCUT2D eigenvalue weighted by Gasteiger charge is 2.43. The van der Waals surface area contributed by atoms with Crippen molar-refractivity contribution in [2.24, 2.45) is 23.7 Å². The lowest BCUT2D eigenvalue weighted by molar-refractivity contribution is 0.139. The summed E-state index contributed by atoms with van der Waals surface area (Å²) in [6, 6.07) is 1.27. The third-order valence-electron chi connectivity index (χ3n) is 8.19. The zero-order valence-electron chi connectivity index (χ0n) is 22.7. The van der Waals surface area contributed by atoms with Gasteiger partial charge >= 0.3 is 0 Å². The van der Waals surface area contributed by atoms with Crippen LogP contribution in [0.25, 0.3) is 0 Å². The molecule has 2 rings (SSSR count). The normalized spacial score (nSPS) is 27.2. The summed E-state index contributed by atoms with van der Waals surface area (Å²) in [7, 11) is 0. The molecule has 6 atom stereocenters. The lowest BCUT2D eigenvalue weighted by Crippen LogP contribution is -2.37. The summed E-state index contributed by atoms with van der Waals surface area (Å²) < 4.78 is 0. The molecule has 0 spiro atoms. The summed E-state index contributed by atoms with van der Waals surface area (Å²) in [6.07, 6.45) is 19.0. The first-order chi connectivity index (χ1) is 15.7. The van der Waals surface area contributed by atoms with E-state index in [-0.39, 0.29) is 18.1 Å². The van der Waals surface area contributed by atoms with Gasteiger partial charge in [0, 0.05) is 18.0 Å². The molecule has 0 heterocycles. The Bertz CT molecular complexity index is 588. The predicted octanol–water partition coefficient (Wildman–Crippen LogP) is 7.13. The number of nitrogens with zero attached hydrogens (tertiary/aromatic N) is 1. The summed E-state index contributed by atoms with van der Waals surface area (Å²) in [6.45, 7) is 14.9. The van der Waals surface area contributed by atoms with E-state index in [1.54, 1.807) is 5.57 Å². The Morgan fingerprint density at radius 3 is 2.39 bits per heavy atom. The van der Waals surface area contributed by atoms with Crippen LogP contribution in [-0.2, 0) is 0 Å². The number of rotatable bonds is 16. The summed E-state index contributed by atoms with van der Waals surface area (Å²) in [5, 5.41) is 21.1. The SMILES string of the molecule is CCCC[C@H](C)C[C@H](O)/C=C/[C@@H]1[C@H]2CC(CCCCCCN(C(C)C)C(C)C)=C[C@H]2C[C@H]1O. The second-order valence-corrected chi connectivity index (χ2v) is 11.8. The Morgan fingerprint density at radius 1 is 1.03 bits per heavy atom. The van der Waals surface area contributed by atoms with Crippen molar-refractivity contribution in [1.29, 1.82) is 0 Å². The molecule has 3 heteroatoms. The smallest absolute Gasteiger partial charge is 0.0723 e. The van der Waals surface area contributed by atoms with E-state index in [4.69, 9.17) is 0 Å². The molecule has 0 unspecified atom stereocenters. The molecule has 0 saturated heterocycles. The Hall–Kier alpha value is -0.640. The maximum atomic E-state index is 10.6. The lowest BCUT2D eigenvalue weighted by Gasteiger charge is -2.30. The van der Waals surface area contributed by atoms with Crippen LogP contribution < -0.4 is 0 Å². The molecule has 0 bridgehead atoms. The van der Waals surface area contributed by atoms with Gasteiger partial charge in [-0.05, 0) is 90.5 Å². The number of allylic oxidation sites excluding steroid dienone is 2. The molecule has 2 aliphatic carbocycles. The molecular weight excluding hydrogens is 406 g/mol. The fraction of sp³-hybridized carbons (Fsp3) is 0.867. The topological polar surface area (TPSA) is 43.7 Å². The highest BCUT2D eigenvalue weighted by atomic mass is 16.3. The molecule has 0 aliphatic heterocycles. The third kappa shape index (κ3) is 9.49. The fourth-order valence-electron chi connectivity index (χ4n) is 6.32. The van der Waals surface area contributed by atoms with Crippen LogP contribution in [0.5, 0.6) is 0 Å². The van der Waals surface area contributed by atoms with Crippen LogP contribution in [0.15, 0.2) is 23.8 Å². The summed E-state index contributed by atoms with van der Waals surface area (Å²) >= 11 is 0.